The second-order valence-corrected chi connectivity index (χ2v) is 4.77. The predicted octanol–water partition coefficient (Wildman–Crippen LogP) is 2.25. The summed E-state index contributed by atoms with van der Waals surface area (Å²) in [4.78, 5) is 2.31. The van der Waals surface area contributed by atoms with Crippen LogP contribution in [0.2, 0.25) is 0 Å². The Bertz CT molecular complexity index is 323. The first-order valence-electron chi connectivity index (χ1n) is 6.68. The molecule has 0 radical (unpaired) electrons. The van der Waals surface area contributed by atoms with E-state index in [1.807, 2.05) is 0 Å². The van der Waals surface area contributed by atoms with Gasteiger partial charge in [-0.05, 0) is 18.7 Å². The molecule has 104 valence electrons. The lowest BCUT2D eigenvalue weighted by molar-refractivity contribution is 0.142. The predicted molar refractivity (Wildman–Crippen MR) is 73.5 cm³/mol. The molecule has 1 N–H and O–H groups in total. The van der Waals surface area contributed by atoms with Crippen molar-refractivity contribution in [1.29, 1.82) is 0 Å². The lowest BCUT2D eigenvalue weighted by Crippen LogP contribution is -2.26. The topological polar surface area (TPSA) is 37.6 Å². The average molecular weight is 254 g/mol. The van der Waals surface area contributed by atoms with Crippen LogP contribution in [-0.2, 0) is 17.8 Å². The molecule has 0 aromatic carbocycles. The Labute approximate surface area is 110 Å². The van der Waals surface area contributed by atoms with Crippen molar-refractivity contribution in [2.75, 3.05) is 26.8 Å². The maximum atomic E-state index is 5.80. The van der Waals surface area contributed by atoms with E-state index in [1.165, 1.54) is 0 Å². The molecule has 0 unspecified atom stereocenters. The fourth-order valence-corrected chi connectivity index (χ4v) is 1.70. The van der Waals surface area contributed by atoms with Gasteiger partial charge in [-0.1, -0.05) is 20.8 Å². The molecular formula is C14H26N2O2. The van der Waals surface area contributed by atoms with Crippen LogP contribution in [0, 0.1) is 0 Å². The van der Waals surface area contributed by atoms with Gasteiger partial charge in [-0.15, -0.1) is 0 Å². The van der Waals surface area contributed by atoms with Crippen LogP contribution in [0.4, 0.5) is 0 Å². The molecule has 0 amide bonds. The third-order valence-electron chi connectivity index (χ3n) is 2.84. The fraction of sp³-hybridized carbons (Fsp3) is 0.714. The summed E-state index contributed by atoms with van der Waals surface area (Å²) in [7, 11) is 1.73. The van der Waals surface area contributed by atoms with Gasteiger partial charge in [0, 0.05) is 19.7 Å². The van der Waals surface area contributed by atoms with E-state index in [-0.39, 0.29) is 0 Å². The third-order valence-corrected chi connectivity index (χ3v) is 2.84. The summed E-state index contributed by atoms with van der Waals surface area (Å²) < 4.78 is 10.9. The summed E-state index contributed by atoms with van der Waals surface area (Å²) in [5.41, 5.74) is 0. The maximum absolute atomic E-state index is 5.80. The minimum atomic E-state index is 0.479. The van der Waals surface area contributed by atoms with Gasteiger partial charge in [0.2, 0.25) is 0 Å². The van der Waals surface area contributed by atoms with Crippen LogP contribution in [0.15, 0.2) is 16.5 Å². The molecule has 1 rings (SSSR count). The molecule has 4 nitrogen and oxygen atoms in total. The number of hydrogen-bond donors (Lipinski definition) is 1. The number of hydrogen-bond acceptors (Lipinski definition) is 4. The van der Waals surface area contributed by atoms with Crippen molar-refractivity contribution in [1.82, 2.24) is 10.2 Å². The van der Waals surface area contributed by atoms with Gasteiger partial charge in [-0.25, -0.2) is 0 Å². The standard InChI is InChI=1S/C14H26N2O2/c1-5-16(8-9-17-4)11-14-7-6-13(18-14)10-15-12(2)3/h6-7,12,15H,5,8-11H2,1-4H3. The molecule has 18 heavy (non-hydrogen) atoms. The molecule has 0 aliphatic rings. The highest BCUT2D eigenvalue weighted by atomic mass is 16.5. The molecule has 0 aliphatic carbocycles. The number of nitrogens with zero attached hydrogens (tertiary/aromatic N) is 1. The second-order valence-electron chi connectivity index (χ2n) is 4.77. The van der Waals surface area contributed by atoms with Crippen LogP contribution < -0.4 is 5.32 Å². The molecule has 1 aromatic rings. The molecule has 0 aliphatic heterocycles. The Balaban J connectivity index is 2.41. The van der Waals surface area contributed by atoms with Crippen molar-refractivity contribution in [3.05, 3.63) is 23.7 Å². The fourth-order valence-electron chi connectivity index (χ4n) is 1.70. The van der Waals surface area contributed by atoms with Crippen LogP contribution in [0.5, 0.6) is 0 Å². The molecular weight excluding hydrogens is 228 g/mol. The van der Waals surface area contributed by atoms with Gasteiger partial charge in [0.25, 0.3) is 0 Å². The lowest BCUT2D eigenvalue weighted by atomic mass is 10.3. The highest BCUT2D eigenvalue weighted by molar-refractivity contribution is 5.07. The Morgan fingerprint density at radius 3 is 2.67 bits per heavy atom. The largest absolute Gasteiger partial charge is 0.463 e. The maximum Gasteiger partial charge on any atom is 0.118 e. The van der Waals surface area contributed by atoms with Crippen molar-refractivity contribution in [3.63, 3.8) is 0 Å². The zero-order valence-electron chi connectivity index (χ0n) is 12.0. The summed E-state index contributed by atoms with van der Waals surface area (Å²) in [6.45, 7) is 10.8. The molecule has 0 fully saturated rings. The van der Waals surface area contributed by atoms with E-state index in [9.17, 15) is 0 Å². The summed E-state index contributed by atoms with van der Waals surface area (Å²) in [5.74, 6) is 2.02. The summed E-state index contributed by atoms with van der Waals surface area (Å²) in [6.07, 6.45) is 0. The number of nitrogens with one attached hydrogen (secondary N) is 1. The first-order chi connectivity index (χ1) is 8.65. The molecule has 0 saturated heterocycles. The average Bonchev–Trinajstić information content (AvgIpc) is 2.79. The van der Waals surface area contributed by atoms with Crippen LogP contribution in [0.1, 0.15) is 32.3 Å². The van der Waals surface area contributed by atoms with Crippen molar-refractivity contribution in [3.8, 4) is 0 Å². The van der Waals surface area contributed by atoms with Crippen molar-refractivity contribution >= 4 is 0 Å². The van der Waals surface area contributed by atoms with E-state index in [4.69, 9.17) is 9.15 Å². The Kier molecular flexibility index (Phi) is 7.01. The normalized spacial score (nSPS) is 11.7. The van der Waals surface area contributed by atoms with Crippen LogP contribution in [-0.4, -0.2) is 37.7 Å². The molecule has 0 saturated carbocycles. The number of furan rings is 1. The first kappa shape index (κ1) is 15.2. The number of ether oxygens (including phenoxy) is 1. The van der Waals surface area contributed by atoms with Gasteiger partial charge in [-0.3, -0.25) is 4.90 Å². The monoisotopic (exact) mass is 254 g/mol. The summed E-state index contributed by atoms with van der Waals surface area (Å²) >= 11 is 0. The molecule has 4 heteroatoms. The van der Waals surface area contributed by atoms with Gasteiger partial charge in [0.1, 0.15) is 11.5 Å². The van der Waals surface area contributed by atoms with E-state index in [0.717, 1.165) is 44.3 Å². The molecule has 0 atom stereocenters. The van der Waals surface area contributed by atoms with Gasteiger partial charge in [0.05, 0.1) is 19.7 Å². The third kappa shape index (κ3) is 5.67. The van der Waals surface area contributed by atoms with E-state index in [1.54, 1.807) is 7.11 Å². The van der Waals surface area contributed by atoms with E-state index < -0.39 is 0 Å². The highest BCUT2D eigenvalue weighted by Crippen LogP contribution is 2.10. The molecule has 0 bridgehead atoms. The Hall–Kier alpha value is -0.840. The first-order valence-corrected chi connectivity index (χ1v) is 6.68. The Morgan fingerprint density at radius 2 is 2.06 bits per heavy atom. The van der Waals surface area contributed by atoms with E-state index >= 15 is 0 Å². The molecule has 1 aromatic heterocycles. The van der Waals surface area contributed by atoms with Crippen LogP contribution >= 0.6 is 0 Å². The van der Waals surface area contributed by atoms with Gasteiger partial charge < -0.3 is 14.5 Å². The van der Waals surface area contributed by atoms with Crippen molar-refractivity contribution in [2.45, 2.75) is 39.9 Å². The zero-order valence-corrected chi connectivity index (χ0v) is 12.0. The van der Waals surface area contributed by atoms with E-state index in [2.05, 4.69) is 43.1 Å². The minimum Gasteiger partial charge on any atom is -0.463 e. The van der Waals surface area contributed by atoms with Crippen molar-refractivity contribution < 1.29 is 9.15 Å². The minimum absolute atomic E-state index is 0.479. The van der Waals surface area contributed by atoms with Crippen LogP contribution in [0.3, 0.4) is 0 Å². The quantitative estimate of drug-likeness (QED) is 0.733. The van der Waals surface area contributed by atoms with Gasteiger partial charge >= 0.3 is 0 Å². The second kappa shape index (κ2) is 8.29. The molecule has 1 heterocycles. The van der Waals surface area contributed by atoms with Gasteiger partial charge in [0.15, 0.2) is 0 Å². The summed E-state index contributed by atoms with van der Waals surface area (Å²) in [5, 5.41) is 3.35. The smallest absolute Gasteiger partial charge is 0.118 e. The number of likely N-dealkylation sites (N-methyl/N-ethyl adjacent to an activating group) is 1. The molecule has 0 spiro atoms. The van der Waals surface area contributed by atoms with Crippen molar-refractivity contribution in [2.24, 2.45) is 0 Å². The van der Waals surface area contributed by atoms with Crippen LogP contribution in [0.25, 0.3) is 0 Å². The van der Waals surface area contributed by atoms with Gasteiger partial charge in [-0.2, -0.15) is 0 Å². The van der Waals surface area contributed by atoms with E-state index in [0.29, 0.717) is 6.04 Å². The SMILES string of the molecule is CCN(CCOC)Cc1ccc(CNC(C)C)o1. The summed E-state index contributed by atoms with van der Waals surface area (Å²) in [6, 6.07) is 4.59. The number of rotatable bonds is 9. The highest BCUT2D eigenvalue weighted by Gasteiger charge is 2.07. The zero-order chi connectivity index (χ0) is 13.4. The Morgan fingerprint density at radius 1 is 1.33 bits per heavy atom. The lowest BCUT2D eigenvalue weighted by Gasteiger charge is -2.18. The number of methoxy groups -OCH3 is 1.